The minimum Gasteiger partial charge on any atom is -0.359 e. The lowest BCUT2D eigenvalue weighted by atomic mass is 10.0. The van der Waals surface area contributed by atoms with Crippen molar-refractivity contribution in [1.29, 1.82) is 0 Å². The third kappa shape index (κ3) is 4.52. The van der Waals surface area contributed by atoms with E-state index in [1.807, 2.05) is 0 Å². The van der Waals surface area contributed by atoms with Crippen molar-refractivity contribution in [1.82, 2.24) is 10.2 Å². The second kappa shape index (κ2) is 7.50. The van der Waals surface area contributed by atoms with E-state index in [4.69, 9.17) is 5.73 Å². The van der Waals surface area contributed by atoms with Crippen molar-refractivity contribution < 1.29 is 9.59 Å². The highest BCUT2D eigenvalue weighted by atomic mass is 35.5. The highest BCUT2D eigenvalue weighted by molar-refractivity contribution is 5.85. The SMILES string of the molecule is CNC(=O)CCN(C)C(=O)C1CCCC1N.Cl. The number of carbonyl (C=O) groups excluding carboxylic acids is 2. The van der Waals surface area contributed by atoms with Crippen LogP contribution in [0.25, 0.3) is 0 Å². The predicted octanol–water partition coefficient (Wildman–Crippen LogP) is 0.130. The van der Waals surface area contributed by atoms with E-state index in [2.05, 4.69) is 5.32 Å². The van der Waals surface area contributed by atoms with Gasteiger partial charge < -0.3 is 16.0 Å². The molecule has 0 bridgehead atoms. The van der Waals surface area contributed by atoms with E-state index >= 15 is 0 Å². The molecule has 1 fully saturated rings. The molecule has 5 nitrogen and oxygen atoms in total. The van der Waals surface area contributed by atoms with E-state index in [-0.39, 0.29) is 36.2 Å². The van der Waals surface area contributed by atoms with Gasteiger partial charge in [0.15, 0.2) is 0 Å². The number of nitrogens with two attached hydrogens (primary N) is 1. The summed E-state index contributed by atoms with van der Waals surface area (Å²) in [5.41, 5.74) is 5.87. The van der Waals surface area contributed by atoms with Gasteiger partial charge in [0.2, 0.25) is 11.8 Å². The number of amides is 2. The number of nitrogens with one attached hydrogen (secondary N) is 1. The molecule has 100 valence electrons. The van der Waals surface area contributed by atoms with Crippen LogP contribution in [0, 0.1) is 5.92 Å². The van der Waals surface area contributed by atoms with E-state index in [1.54, 1.807) is 19.0 Å². The van der Waals surface area contributed by atoms with Crippen LogP contribution in [-0.4, -0.2) is 43.4 Å². The summed E-state index contributed by atoms with van der Waals surface area (Å²) in [7, 11) is 3.33. The Balaban J connectivity index is 0.00000256. The lowest BCUT2D eigenvalue weighted by molar-refractivity contribution is -0.134. The van der Waals surface area contributed by atoms with Crippen LogP contribution in [0.15, 0.2) is 0 Å². The second-order valence-corrected chi connectivity index (χ2v) is 4.38. The molecule has 1 saturated carbocycles. The van der Waals surface area contributed by atoms with E-state index in [0.29, 0.717) is 13.0 Å². The molecule has 3 N–H and O–H groups in total. The Morgan fingerprint density at radius 3 is 2.53 bits per heavy atom. The molecule has 1 rings (SSSR count). The van der Waals surface area contributed by atoms with Crippen molar-refractivity contribution >= 4 is 24.2 Å². The molecule has 2 amide bonds. The molecule has 0 aromatic heterocycles. The second-order valence-electron chi connectivity index (χ2n) is 4.38. The first-order valence-corrected chi connectivity index (χ1v) is 5.77. The molecule has 2 unspecified atom stereocenters. The molecule has 6 heteroatoms. The summed E-state index contributed by atoms with van der Waals surface area (Å²) in [6, 6.07) is -0.00467. The predicted molar refractivity (Wildman–Crippen MR) is 68.9 cm³/mol. The third-order valence-electron chi connectivity index (χ3n) is 3.22. The van der Waals surface area contributed by atoms with E-state index in [1.165, 1.54) is 0 Å². The molecule has 17 heavy (non-hydrogen) atoms. The average Bonchev–Trinajstić information content (AvgIpc) is 2.70. The van der Waals surface area contributed by atoms with Crippen molar-refractivity contribution in [3.63, 3.8) is 0 Å². The van der Waals surface area contributed by atoms with Crippen molar-refractivity contribution in [3.8, 4) is 0 Å². The van der Waals surface area contributed by atoms with Gasteiger partial charge in [-0.2, -0.15) is 0 Å². The molecule has 0 aromatic rings. The number of nitrogens with zero attached hydrogens (tertiary/aromatic N) is 1. The molecule has 0 aromatic carbocycles. The first-order chi connectivity index (χ1) is 7.56. The quantitative estimate of drug-likeness (QED) is 0.757. The van der Waals surface area contributed by atoms with Crippen molar-refractivity contribution in [2.24, 2.45) is 11.7 Å². The fraction of sp³-hybridized carbons (Fsp3) is 0.818. The standard InChI is InChI=1S/C11H21N3O2.ClH/c1-13-10(15)6-7-14(2)11(16)8-4-3-5-9(8)12;/h8-9H,3-7,12H2,1-2H3,(H,13,15);1H. The Morgan fingerprint density at radius 2 is 2.06 bits per heavy atom. The molecular formula is C11H22ClN3O2. The van der Waals surface area contributed by atoms with E-state index in [9.17, 15) is 9.59 Å². The molecule has 1 aliphatic carbocycles. The van der Waals surface area contributed by atoms with Crippen LogP contribution in [0.5, 0.6) is 0 Å². The highest BCUT2D eigenvalue weighted by Crippen LogP contribution is 2.25. The van der Waals surface area contributed by atoms with Gasteiger partial charge in [0.1, 0.15) is 0 Å². The van der Waals surface area contributed by atoms with E-state index in [0.717, 1.165) is 19.3 Å². The van der Waals surface area contributed by atoms with Gasteiger partial charge in [0, 0.05) is 33.1 Å². The molecule has 0 saturated heterocycles. The summed E-state index contributed by atoms with van der Waals surface area (Å²) in [5, 5.41) is 2.54. The van der Waals surface area contributed by atoms with Crippen LogP contribution in [0.2, 0.25) is 0 Å². The van der Waals surface area contributed by atoms with Crippen molar-refractivity contribution in [2.45, 2.75) is 31.7 Å². The summed E-state index contributed by atoms with van der Waals surface area (Å²) in [4.78, 5) is 24.6. The maximum absolute atomic E-state index is 12.0. The van der Waals surface area contributed by atoms with Crippen LogP contribution in [0.1, 0.15) is 25.7 Å². The number of carbonyl (C=O) groups is 2. The van der Waals surface area contributed by atoms with Gasteiger partial charge in [-0.05, 0) is 12.8 Å². The summed E-state index contributed by atoms with van der Waals surface area (Å²) in [6.07, 6.45) is 3.19. The summed E-state index contributed by atoms with van der Waals surface area (Å²) >= 11 is 0. The third-order valence-corrected chi connectivity index (χ3v) is 3.22. The topological polar surface area (TPSA) is 75.4 Å². The van der Waals surface area contributed by atoms with Gasteiger partial charge in [-0.25, -0.2) is 0 Å². The average molecular weight is 264 g/mol. The van der Waals surface area contributed by atoms with Gasteiger partial charge in [0.25, 0.3) is 0 Å². The fourth-order valence-corrected chi connectivity index (χ4v) is 2.08. The van der Waals surface area contributed by atoms with Gasteiger partial charge in [-0.3, -0.25) is 9.59 Å². The normalized spacial score (nSPS) is 22.8. The van der Waals surface area contributed by atoms with Crippen LogP contribution in [-0.2, 0) is 9.59 Å². The fourth-order valence-electron chi connectivity index (χ4n) is 2.08. The highest BCUT2D eigenvalue weighted by Gasteiger charge is 2.32. The lowest BCUT2D eigenvalue weighted by Crippen LogP contribution is -2.41. The van der Waals surface area contributed by atoms with Crippen LogP contribution < -0.4 is 11.1 Å². The Morgan fingerprint density at radius 1 is 1.41 bits per heavy atom. The number of hydrogen-bond acceptors (Lipinski definition) is 3. The van der Waals surface area contributed by atoms with Gasteiger partial charge in [-0.15, -0.1) is 12.4 Å². The first-order valence-electron chi connectivity index (χ1n) is 5.77. The Kier molecular flexibility index (Phi) is 7.15. The molecular weight excluding hydrogens is 242 g/mol. The number of rotatable bonds is 4. The monoisotopic (exact) mass is 263 g/mol. The summed E-state index contributed by atoms with van der Waals surface area (Å²) in [5.74, 6) is -0.0149. The molecule has 0 heterocycles. The maximum Gasteiger partial charge on any atom is 0.226 e. The number of hydrogen-bond donors (Lipinski definition) is 2. The molecule has 0 spiro atoms. The number of halogens is 1. The van der Waals surface area contributed by atoms with Gasteiger partial charge in [-0.1, -0.05) is 6.42 Å². The molecule has 1 aliphatic rings. The van der Waals surface area contributed by atoms with Gasteiger partial charge in [0.05, 0.1) is 5.92 Å². The van der Waals surface area contributed by atoms with Gasteiger partial charge >= 0.3 is 0 Å². The Labute approximate surface area is 109 Å². The zero-order valence-corrected chi connectivity index (χ0v) is 11.3. The largest absolute Gasteiger partial charge is 0.359 e. The van der Waals surface area contributed by atoms with Crippen LogP contribution in [0.3, 0.4) is 0 Å². The summed E-state index contributed by atoms with van der Waals surface area (Å²) < 4.78 is 0. The molecule has 2 atom stereocenters. The first kappa shape index (κ1) is 16.2. The Bertz CT molecular complexity index is 273. The lowest BCUT2D eigenvalue weighted by Gasteiger charge is -2.23. The minimum atomic E-state index is -0.0466. The Hall–Kier alpha value is -0.810. The maximum atomic E-state index is 12.0. The minimum absolute atomic E-state index is 0. The zero-order chi connectivity index (χ0) is 12.1. The van der Waals surface area contributed by atoms with Crippen molar-refractivity contribution in [2.75, 3.05) is 20.6 Å². The van der Waals surface area contributed by atoms with E-state index < -0.39 is 0 Å². The van der Waals surface area contributed by atoms with Crippen molar-refractivity contribution in [3.05, 3.63) is 0 Å². The van der Waals surface area contributed by atoms with Crippen LogP contribution >= 0.6 is 12.4 Å². The van der Waals surface area contributed by atoms with Crippen LogP contribution in [0.4, 0.5) is 0 Å². The molecule has 0 radical (unpaired) electrons. The molecule has 0 aliphatic heterocycles. The zero-order valence-electron chi connectivity index (χ0n) is 10.4. The smallest absolute Gasteiger partial charge is 0.226 e. The summed E-state index contributed by atoms with van der Waals surface area (Å²) in [6.45, 7) is 0.460.